The number of halogens is 1. The van der Waals surface area contributed by atoms with E-state index in [0.29, 0.717) is 17.9 Å². The lowest BCUT2D eigenvalue weighted by Gasteiger charge is -2.32. The molecule has 3 aromatic rings. The second-order valence-electron chi connectivity index (χ2n) is 9.47. The summed E-state index contributed by atoms with van der Waals surface area (Å²) in [7, 11) is -2.80. The van der Waals surface area contributed by atoms with Crippen molar-refractivity contribution in [2.24, 2.45) is 0 Å². The molecule has 40 heavy (non-hydrogen) atoms. The summed E-state index contributed by atoms with van der Waals surface area (Å²) >= 11 is 0. The fourth-order valence-electron chi connectivity index (χ4n) is 4.05. The van der Waals surface area contributed by atoms with E-state index >= 15 is 0 Å². The number of benzene rings is 3. The first-order valence-electron chi connectivity index (χ1n) is 13.1. The molecule has 0 fully saturated rings. The number of carbonyl (C=O) groups is 2. The molecular weight excluding hydrogens is 533 g/mol. The highest BCUT2D eigenvalue weighted by molar-refractivity contribution is 7.92. The maximum atomic E-state index is 15.0. The Morgan fingerprint density at radius 3 is 2.25 bits per heavy atom. The fourth-order valence-corrected chi connectivity index (χ4v) is 5.47. The SMILES string of the molecule is CCCCNC(=O)C(C)N(Cc1ccc(OC)cc1)C(=O)CN(c1ccccc1F)S(=O)(=O)c1ccc(C)cc1. The van der Waals surface area contributed by atoms with Gasteiger partial charge in [0.2, 0.25) is 11.8 Å². The van der Waals surface area contributed by atoms with Crippen molar-refractivity contribution in [1.29, 1.82) is 0 Å². The first-order valence-corrected chi connectivity index (χ1v) is 14.6. The van der Waals surface area contributed by atoms with Crippen molar-refractivity contribution in [2.75, 3.05) is 24.5 Å². The lowest BCUT2D eigenvalue weighted by atomic mass is 10.1. The molecule has 0 aliphatic heterocycles. The number of hydrogen-bond acceptors (Lipinski definition) is 5. The van der Waals surface area contributed by atoms with E-state index in [4.69, 9.17) is 4.74 Å². The Kier molecular flexibility index (Phi) is 10.7. The predicted octanol–water partition coefficient (Wildman–Crippen LogP) is 4.67. The van der Waals surface area contributed by atoms with Gasteiger partial charge in [-0.15, -0.1) is 0 Å². The summed E-state index contributed by atoms with van der Waals surface area (Å²) < 4.78 is 48.5. The topological polar surface area (TPSA) is 96.0 Å². The molecule has 0 radical (unpaired) electrons. The van der Waals surface area contributed by atoms with E-state index in [-0.39, 0.29) is 23.0 Å². The molecule has 1 N–H and O–H groups in total. The third-order valence-electron chi connectivity index (χ3n) is 6.52. The summed E-state index contributed by atoms with van der Waals surface area (Å²) in [4.78, 5) is 28.1. The van der Waals surface area contributed by atoms with Gasteiger partial charge in [0.1, 0.15) is 24.2 Å². The number of nitrogens with zero attached hydrogens (tertiary/aromatic N) is 2. The van der Waals surface area contributed by atoms with Crippen LogP contribution in [0, 0.1) is 12.7 Å². The van der Waals surface area contributed by atoms with Gasteiger partial charge in [-0.05, 0) is 62.2 Å². The van der Waals surface area contributed by atoms with E-state index in [1.807, 2.05) is 13.8 Å². The Morgan fingerprint density at radius 2 is 1.65 bits per heavy atom. The number of aryl methyl sites for hydroxylation is 1. The maximum Gasteiger partial charge on any atom is 0.264 e. The van der Waals surface area contributed by atoms with Gasteiger partial charge in [0, 0.05) is 13.1 Å². The van der Waals surface area contributed by atoms with E-state index in [2.05, 4.69) is 5.32 Å². The van der Waals surface area contributed by atoms with E-state index in [1.54, 1.807) is 50.4 Å². The summed E-state index contributed by atoms with van der Waals surface area (Å²) in [5.41, 5.74) is 1.29. The van der Waals surface area contributed by atoms with Crippen molar-refractivity contribution >= 4 is 27.5 Å². The normalized spacial score (nSPS) is 11.9. The lowest BCUT2D eigenvalue weighted by molar-refractivity contribution is -0.139. The Labute approximate surface area is 235 Å². The number of carbonyl (C=O) groups excluding carboxylic acids is 2. The first kappa shape index (κ1) is 30.6. The molecule has 0 heterocycles. The van der Waals surface area contributed by atoms with Gasteiger partial charge in [0.25, 0.3) is 10.0 Å². The minimum Gasteiger partial charge on any atom is -0.497 e. The molecule has 1 unspecified atom stereocenters. The maximum absolute atomic E-state index is 15.0. The molecule has 2 amide bonds. The molecule has 0 aliphatic carbocycles. The van der Waals surface area contributed by atoms with Gasteiger partial charge in [-0.1, -0.05) is 55.3 Å². The highest BCUT2D eigenvalue weighted by Gasteiger charge is 2.33. The number of sulfonamides is 1. The van der Waals surface area contributed by atoms with Gasteiger partial charge in [-0.25, -0.2) is 12.8 Å². The van der Waals surface area contributed by atoms with Crippen LogP contribution >= 0.6 is 0 Å². The minimum atomic E-state index is -4.34. The second-order valence-corrected chi connectivity index (χ2v) is 11.3. The molecule has 1 atom stereocenters. The van der Waals surface area contributed by atoms with Gasteiger partial charge in [-0.3, -0.25) is 13.9 Å². The van der Waals surface area contributed by atoms with Crippen LogP contribution in [0.15, 0.2) is 77.7 Å². The van der Waals surface area contributed by atoms with E-state index < -0.39 is 34.3 Å². The molecule has 8 nitrogen and oxygen atoms in total. The smallest absolute Gasteiger partial charge is 0.264 e. The van der Waals surface area contributed by atoms with Crippen LogP contribution < -0.4 is 14.4 Å². The van der Waals surface area contributed by atoms with Crippen LogP contribution in [0.2, 0.25) is 0 Å². The Balaban J connectivity index is 2.00. The average molecular weight is 570 g/mol. The quantitative estimate of drug-likeness (QED) is 0.302. The van der Waals surface area contributed by atoms with Gasteiger partial charge in [0.15, 0.2) is 0 Å². The number of amides is 2. The van der Waals surface area contributed by atoms with Crippen molar-refractivity contribution in [2.45, 2.75) is 51.1 Å². The summed E-state index contributed by atoms with van der Waals surface area (Å²) in [6.07, 6.45) is 1.67. The molecule has 0 spiro atoms. The second kappa shape index (κ2) is 13.9. The molecule has 0 saturated carbocycles. The first-order chi connectivity index (χ1) is 19.1. The molecule has 0 aromatic heterocycles. The van der Waals surface area contributed by atoms with Crippen LogP contribution in [0.25, 0.3) is 0 Å². The van der Waals surface area contributed by atoms with Crippen LogP contribution in [-0.4, -0.2) is 51.4 Å². The summed E-state index contributed by atoms with van der Waals surface area (Å²) in [6, 6.07) is 17.6. The van der Waals surface area contributed by atoms with E-state index in [0.717, 1.165) is 28.8 Å². The molecule has 3 aromatic carbocycles. The standard InChI is InChI=1S/C30H36FN3O5S/c1-5-6-19-32-30(36)23(3)33(20-24-13-15-25(39-4)16-14-24)29(35)21-34(28-10-8-7-9-27(28)31)40(37,38)26-17-11-22(2)12-18-26/h7-18,23H,5-6,19-21H2,1-4H3,(H,32,36). The average Bonchev–Trinajstić information content (AvgIpc) is 2.95. The molecule has 214 valence electrons. The zero-order valence-electron chi connectivity index (χ0n) is 23.3. The number of unbranched alkanes of at least 4 members (excludes halogenated alkanes) is 1. The molecule has 0 aliphatic rings. The fraction of sp³-hybridized carbons (Fsp3) is 0.333. The highest BCUT2D eigenvalue weighted by Crippen LogP contribution is 2.27. The molecule has 3 rings (SSSR count). The van der Waals surface area contributed by atoms with Crippen molar-refractivity contribution < 1.29 is 27.1 Å². The van der Waals surface area contributed by atoms with Gasteiger partial charge < -0.3 is 15.0 Å². The van der Waals surface area contributed by atoms with E-state index in [9.17, 15) is 22.4 Å². The van der Waals surface area contributed by atoms with Crippen molar-refractivity contribution in [3.05, 3.63) is 89.7 Å². The number of anilines is 1. The third-order valence-corrected chi connectivity index (χ3v) is 8.29. The van der Waals surface area contributed by atoms with Crippen molar-refractivity contribution in [3.63, 3.8) is 0 Å². The number of methoxy groups -OCH3 is 1. The monoisotopic (exact) mass is 569 g/mol. The van der Waals surface area contributed by atoms with E-state index in [1.165, 1.54) is 35.2 Å². The Hall–Kier alpha value is -3.92. The number of nitrogens with one attached hydrogen (secondary N) is 1. The van der Waals surface area contributed by atoms with Gasteiger partial charge in [-0.2, -0.15) is 0 Å². The summed E-state index contributed by atoms with van der Waals surface area (Å²) in [5.74, 6) is -1.19. The molecule has 10 heteroatoms. The minimum absolute atomic E-state index is 0.0287. The highest BCUT2D eigenvalue weighted by atomic mass is 32.2. The lowest BCUT2D eigenvalue weighted by Crippen LogP contribution is -2.51. The zero-order valence-corrected chi connectivity index (χ0v) is 24.1. The predicted molar refractivity (Wildman–Crippen MR) is 153 cm³/mol. The summed E-state index contributed by atoms with van der Waals surface area (Å²) in [5, 5.41) is 2.83. The number of hydrogen-bond donors (Lipinski definition) is 1. The van der Waals surface area contributed by atoms with Crippen molar-refractivity contribution in [1.82, 2.24) is 10.2 Å². The molecule has 0 saturated heterocycles. The zero-order chi connectivity index (χ0) is 29.3. The Morgan fingerprint density at radius 1 is 1.00 bits per heavy atom. The van der Waals surface area contributed by atoms with Crippen LogP contribution in [0.5, 0.6) is 5.75 Å². The summed E-state index contributed by atoms with van der Waals surface area (Å²) in [6.45, 7) is 5.18. The third kappa shape index (κ3) is 7.59. The largest absolute Gasteiger partial charge is 0.497 e. The van der Waals surface area contributed by atoms with Crippen LogP contribution in [0.1, 0.15) is 37.8 Å². The van der Waals surface area contributed by atoms with Crippen molar-refractivity contribution in [3.8, 4) is 5.75 Å². The van der Waals surface area contributed by atoms with Crippen LogP contribution in [0.4, 0.5) is 10.1 Å². The van der Waals surface area contributed by atoms with Gasteiger partial charge >= 0.3 is 0 Å². The number of rotatable bonds is 13. The van der Waals surface area contributed by atoms with Crippen LogP contribution in [-0.2, 0) is 26.2 Å². The number of para-hydroxylation sites is 1. The Bertz CT molecular complexity index is 1400. The van der Waals surface area contributed by atoms with Crippen LogP contribution in [0.3, 0.4) is 0 Å². The molecular formula is C30H36FN3O5S. The molecule has 0 bridgehead atoms. The van der Waals surface area contributed by atoms with Gasteiger partial charge in [0.05, 0.1) is 17.7 Å². The number of ether oxygens (including phenoxy) is 1.